The van der Waals surface area contributed by atoms with Crippen molar-refractivity contribution in [3.63, 3.8) is 0 Å². The van der Waals surface area contributed by atoms with E-state index in [0.717, 1.165) is 35.8 Å². The van der Waals surface area contributed by atoms with Gasteiger partial charge < -0.3 is 16.0 Å². The Morgan fingerprint density at radius 2 is 1.92 bits per heavy atom. The SMILES string of the molecule is Cl.Cl.Nc1ccc(CC(=O)NC2CCN(c3cccc(Cl)c3)C2)cc1. The first kappa shape index (κ1) is 21.4. The molecule has 3 N–H and O–H groups in total. The summed E-state index contributed by atoms with van der Waals surface area (Å²) < 4.78 is 0. The molecule has 2 aromatic carbocycles. The lowest BCUT2D eigenvalue weighted by atomic mass is 10.1. The summed E-state index contributed by atoms with van der Waals surface area (Å²) in [4.78, 5) is 14.4. The molecule has 1 fully saturated rings. The van der Waals surface area contributed by atoms with E-state index in [4.69, 9.17) is 17.3 Å². The summed E-state index contributed by atoms with van der Waals surface area (Å²) in [5.74, 6) is 0.0488. The highest BCUT2D eigenvalue weighted by Crippen LogP contribution is 2.23. The third-order valence-electron chi connectivity index (χ3n) is 4.07. The van der Waals surface area contributed by atoms with Crippen LogP contribution in [0.1, 0.15) is 12.0 Å². The zero-order chi connectivity index (χ0) is 16.2. The quantitative estimate of drug-likeness (QED) is 0.767. The maximum atomic E-state index is 12.2. The Hall–Kier alpha value is -1.62. The van der Waals surface area contributed by atoms with Gasteiger partial charge in [0.05, 0.1) is 6.42 Å². The fraction of sp³-hybridized carbons (Fsp3) is 0.278. The molecule has 7 heteroatoms. The molecule has 0 spiro atoms. The molecule has 0 aliphatic carbocycles. The summed E-state index contributed by atoms with van der Waals surface area (Å²) in [7, 11) is 0. The smallest absolute Gasteiger partial charge is 0.224 e. The summed E-state index contributed by atoms with van der Waals surface area (Å²) in [6.45, 7) is 1.74. The second-order valence-corrected chi connectivity index (χ2v) is 6.33. The number of nitrogens with zero attached hydrogens (tertiary/aromatic N) is 1. The second-order valence-electron chi connectivity index (χ2n) is 5.90. The van der Waals surface area contributed by atoms with Gasteiger partial charge in [-0.3, -0.25) is 4.79 Å². The highest BCUT2D eigenvalue weighted by atomic mass is 35.5. The van der Waals surface area contributed by atoms with E-state index in [1.54, 1.807) is 0 Å². The van der Waals surface area contributed by atoms with Gasteiger partial charge in [-0.15, -0.1) is 24.8 Å². The first-order valence-electron chi connectivity index (χ1n) is 7.74. The molecule has 1 aliphatic heterocycles. The third-order valence-corrected chi connectivity index (χ3v) is 4.31. The molecular formula is C18H22Cl3N3O. The van der Waals surface area contributed by atoms with E-state index >= 15 is 0 Å². The van der Waals surface area contributed by atoms with Crippen LogP contribution in [0.4, 0.5) is 11.4 Å². The van der Waals surface area contributed by atoms with Crippen molar-refractivity contribution in [3.05, 3.63) is 59.1 Å². The van der Waals surface area contributed by atoms with Gasteiger partial charge in [-0.25, -0.2) is 0 Å². The van der Waals surface area contributed by atoms with Gasteiger partial charge >= 0.3 is 0 Å². The predicted octanol–water partition coefficient (Wildman–Crippen LogP) is 3.70. The van der Waals surface area contributed by atoms with Gasteiger partial charge in [0.2, 0.25) is 5.91 Å². The third kappa shape index (κ3) is 5.99. The van der Waals surface area contributed by atoms with E-state index in [0.29, 0.717) is 12.1 Å². The molecule has 1 atom stereocenters. The summed E-state index contributed by atoms with van der Waals surface area (Å²) >= 11 is 6.04. The summed E-state index contributed by atoms with van der Waals surface area (Å²) in [5.41, 5.74) is 8.44. The van der Waals surface area contributed by atoms with E-state index in [1.165, 1.54) is 0 Å². The first-order valence-corrected chi connectivity index (χ1v) is 8.12. The standard InChI is InChI=1S/C18H20ClN3O.2ClH/c19-14-2-1-3-17(11-14)22-9-8-16(12-22)21-18(23)10-13-4-6-15(20)7-5-13;;/h1-7,11,16H,8-10,12,20H2,(H,21,23);2*1H. The number of anilines is 2. The molecule has 0 bridgehead atoms. The lowest BCUT2D eigenvalue weighted by molar-refractivity contribution is -0.121. The van der Waals surface area contributed by atoms with E-state index in [1.807, 2.05) is 48.5 Å². The number of carbonyl (C=O) groups excluding carboxylic acids is 1. The topological polar surface area (TPSA) is 58.4 Å². The number of benzene rings is 2. The summed E-state index contributed by atoms with van der Waals surface area (Å²) in [6, 6.07) is 15.4. The number of halogens is 3. The highest BCUT2D eigenvalue weighted by molar-refractivity contribution is 6.30. The number of hydrogen-bond donors (Lipinski definition) is 2. The Labute approximate surface area is 165 Å². The van der Waals surface area contributed by atoms with Crippen LogP contribution in [-0.4, -0.2) is 25.0 Å². The molecule has 1 heterocycles. The van der Waals surface area contributed by atoms with Gasteiger partial charge in [-0.1, -0.05) is 29.8 Å². The molecule has 3 rings (SSSR count). The Morgan fingerprint density at radius 1 is 1.20 bits per heavy atom. The fourth-order valence-electron chi connectivity index (χ4n) is 2.89. The minimum absolute atomic E-state index is 0. The van der Waals surface area contributed by atoms with E-state index in [-0.39, 0.29) is 36.8 Å². The number of carbonyl (C=O) groups is 1. The van der Waals surface area contributed by atoms with Crippen molar-refractivity contribution in [1.82, 2.24) is 5.32 Å². The maximum absolute atomic E-state index is 12.2. The molecular weight excluding hydrogens is 381 g/mol. The zero-order valence-electron chi connectivity index (χ0n) is 13.7. The molecule has 1 aliphatic rings. The van der Waals surface area contributed by atoms with Gasteiger partial charge in [0.15, 0.2) is 0 Å². The minimum Gasteiger partial charge on any atom is -0.399 e. The molecule has 1 saturated heterocycles. The average Bonchev–Trinajstić information content (AvgIpc) is 2.98. The van der Waals surface area contributed by atoms with Gasteiger partial charge in [-0.05, 0) is 42.3 Å². The van der Waals surface area contributed by atoms with Crippen molar-refractivity contribution >= 4 is 53.7 Å². The largest absolute Gasteiger partial charge is 0.399 e. The Bertz CT molecular complexity index is 694. The summed E-state index contributed by atoms with van der Waals surface area (Å²) in [6.07, 6.45) is 1.33. The second kappa shape index (κ2) is 9.76. The molecule has 1 unspecified atom stereocenters. The van der Waals surface area contributed by atoms with Crippen LogP contribution in [0.3, 0.4) is 0 Å². The number of nitrogens with one attached hydrogen (secondary N) is 1. The molecule has 0 saturated carbocycles. The van der Waals surface area contributed by atoms with Gasteiger partial charge in [-0.2, -0.15) is 0 Å². The van der Waals surface area contributed by atoms with Crippen LogP contribution in [0.15, 0.2) is 48.5 Å². The Morgan fingerprint density at radius 3 is 2.60 bits per heavy atom. The minimum atomic E-state index is 0. The van der Waals surface area contributed by atoms with Crippen LogP contribution in [0.5, 0.6) is 0 Å². The molecule has 136 valence electrons. The van der Waals surface area contributed by atoms with Crippen LogP contribution >= 0.6 is 36.4 Å². The Kier molecular flexibility index (Phi) is 8.36. The van der Waals surface area contributed by atoms with Gasteiger partial charge in [0, 0.05) is 35.5 Å². The lowest BCUT2D eigenvalue weighted by Crippen LogP contribution is -2.37. The molecule has 25 heavy (non-hydrogen) atoms. The van der Waals surface area contributed by atoms with Crippen LogP contribution in [0.25, 0.3) is 0 Å². The molecule has 4 nitrogen and oxygen atoms in total. The predicted molar refractivity (Wildman–Crippen MR) is 109 cm³/mol. The molecule has 1 amide bonds. The fourth-order valence-corrected chi connectivity index (χ4v) is 3.07. The monoisotopic (exact) mass is 401 g/mol. The van der Waals surface area contributed by atoms with Crippen LogP contribution < -0.4 is 16.0 Å². The summed E-state index contributed by atoms with van der Waals surface area (Å²) in [5, 5.41) is 3.85. The number of hydrogen-bond acceptors (Lipinski definition) is 3. The van der Waals surface area contributed by atoms with E-state index in [2.05, 4.69) is 10.2 Å². The van der Waals surface area contributed by atoms with Crippen molar-refractivity contribution < 1.29 is 4.79 Å². The maximum Gasteiger partial charge on any atom is 0.224 e. The number of rotatable bonds is 4. The molecule has 2 aromatic rings. The normalized spacial score (nSPS) is 15.9. The van der Waals surface area contributed by atoms with Crippen LogP contribution in [0.2, 0.25) is 5.02 Å². The number of nitrogens with two attached hydrogens (primary N) is 1. The number of nitrogen functional groups attached to an aromatic ring is 1. The molecule has 0 radical (unpaired) electrons. The first-order chi connectivity index (χ1) is 11.1. The molecule has 0 aromatic heterocycles. The van der Waals surface area contributed by atoms with Gasteiger partial charge in [0.25, 0.3) is 0 Å². The van der Waals surface area contributed by atoms with Crippen molar-refractivity contribution in [3.8, 4) is 0 Å². The number of amides is 1. The van der Waals surface area contributed by atoms with Crippen molar-refractivity contribution in [2.24, 2.45) is 0 Å². The van der Waals surface area contributed by atoms with Gasteiger partial charge in [0.1, 0.15) is 0 Å². The lowest BCUT2D eigenvalue weighted by Gasteiger charge is -2.19. The highest BCUT2D eigenvalue weighted by Gasteiger charge is 2.24. The van der Waals surface area contributed by atoms with Crippen LogP contribution in [0, 0.1) is 0 Å². The van der Waals surface area contributed by atoms with Crippen molar-refractivity contribution in [1.29, 1.82) is 0 Å². The zero-order valence-corrected chi connectivity index (χ0v) is 16.0. The average molecular weight is 403 g/mol. The Balaban J connectivity index is 0.00000156. The van der Waals surface area contributed by atoms with Crippen molar-refractivity contribution in [2.75, 3.05) is 23.7 Å². The van der Waals surface area contributed by atoms with Crippen LogP contribution in [-0.2, 0) is 11.2 Å². The van der Waals surface area contributed by atoms with Crippen molar-refractivity contribution in [2.45, 2.75) is 18.9 Å². The van der Waals surface area contributed by atoms with E-state index < -0.39 is 0 Å². The van der Waals surface area contributed by atoms with E-state index in [9.17, 15) is 4.79 Å².